The second kappa shape index (κ2) is 10.4. The van der Waals surface area contributed by atoms with E-state index in [4.69, 9.17) is 5.26 Å². The van der Waals surface area contributed by atoms with E-state index in [0.29, 0.717) is 16.8 Å². The van der Waals surface area contributed by atoms with Gasteiger partial charge in [0.25, 0.3) is 5.91 Å². The van der Waals surface area contributed by atoms with Crippen molar-refractivity contribution >= 4 is 29.3 Å². The smallest absolute Gasteiger partial charge is 0.252 e. The van der Waals surface area contributed by atoms with Crippen LogP contribution in [0.4, 0.5) is 5.69 Å². The van der Waals surface area contributed by atoms with Crippen molar-refractivity contribution in [1.29, 1.82) is 5.26 Å². The summed E-state index contributed by atoms with van der Waals surface area (Å²) in [5.41, 5.74) is 1.65. The van der Waals surface area contributed by atoms with Gasteiger partial charge in [-0.2, -0.15) is 5.26 Å². The molecule has 0 spiro atoms. The Kier molecular flexibility index (Phi) is 7.90. The molecule has 6 heteroatoms. The molecule has 0 aromatic heterocycles. The monoisotopic (exact) mass is 381 g/mol. The second-order valence-electron chi connectivity index (χ2n) is 6.01. The summed E-state index contributed by atoms with van der Waals surface area (Å²) in [7, 11) is 0. The zero-order chi connectivity index (χ0) is 19.6. The molecule has 5 nitrogen and oxygen atoms in total. The van der Waals surface area contributed by atoms with E-state index >= 15 is 0 Å². The van der Waals surface area contributed by atoms with Gasteiger partial charge in [0.05, 0.1) is 22.9 Å². The van der Waals surface area contributed by atoms with Gasteiger partial charge in [0.2, 0.25) is 5.91 Å². The molecule has 140 valence electrons. The number of amides is 2. The molecule has 0 bridgehead atoms. The van der Waals surface area contributed by atoms with Crippen molar-refractivity contribution in [2.45, 2.75) is 37.6 Å². The SMILES string of the molecule is CCC(CC)NC(=O)c1ccccc1SCC(=O)Nc1cccc(C#N)c1. The number of nitrogens with zero attached hydrogens (tertiary/aromatic N) is 1. The lowest BCUT2D eigenvalue weighted by atomic mass is 10.1. The van der Waals surface area contributed by atoms with E-state index in [0.717, 1.165) is 17.7 Å². The molecule has 2 aromatic carbocycles. The molecule has 2 N–H and O–H groups in total. The Balaban J connectivity index is 2.00. The van der Waals surface area contributed by atoms with Crippen molar-refractivity contribution in [3.8, 4) is 6.07 Å². The van der Waals surface area contributed by atoms with Gasteiger partial charge in [-0.3, -0.25) is 9.59 Å². The predicted molar refractivity (Wildman–Crippen MR) is 109 cm³/mol. The molecule has 0 fully saturated rings. The number of carbonyl (C=O) groups is 2. The first-order valence-corrected chi connectivity index (χ1v) is 9.88. The maximum Gasteiger partial charge on any atom is 0.252 e. The van der Waals surface area contributed by atoms with E-state index in [9.17, 15) is 9.59 Å². The van der Waals surface area contributed by atoms with Gasteiger partial charge in [-0.25, -0.2) is 0 Å². The summed E-state index contributed by atoms with van der Waals surface area (Å²) in [6.45, 7) is 4.08. The summed E-state index contributed by atoms with van der Waals surface area (Å²) in [5, 5.41) is 14.7. The van der Waals surface area contributed by atoms with E-state index in [1.807, 2.05) is 38.1 Å². The van der Waals surface area contributed by atoms with Gasteiger partial charge in [0, 0.05) is 16.6 Å². The van der Waals surface area contributed by atoms with Crippen LogP contribution in [0.25, 0.3) is 0 Å². The Bertz CT molecular complexity index is 841. The number of nitriles is 1. The van der Waals surface area contributed by atoms with Crippen molar-refractivity contribution in [3.63, 3.8) is 0 Å². The minimum Gasteiger partial charge on any atom is -0.349 e. The van der Waals surface area contributed by atoms with E-state index in [1.54, 1.807) is 30.3 Å². The van der Waals surface area contributed by atoms with Gasteiger partial charge >= 0.3 is 0 Å². The van der Waals surface area contributed by atoms with Crippen LogP contribution in [0.5, 0.6) is 0 Å². The van der Waals surface area contributed by atoms with Crippen LogP contribution in [-0.4, -0.2) is 23.6 Å². The van der Waals surface area contributed by atoms with Gasteiger partial charge in [0.1, 0.15) is 0 Å². The highest BCUT2D eigenvalue weighted by Gasteiger charge is 2.15. The van der Waals surface area contributed by atoms with Crippen molar-refractivity contribution in [3.05, 3.63) is 59.7 Å². The summed E-state index contributed by atoms with van der Waals surface area (Å²) in [6, 6.07) is 16.2. The topological polar surface area (TPSA) is 82.0 Å². The van der Waals surface area contributed by atoms with Crippen LogP contribution in [0.3, 0.4) is 0 Å². The summed E-state index contributed by atoms with van der Waals surface area (Å²) in [4.78, 5) is 25.5. The fourth-order valence-electron chi connectivity index (χ4n) is 2.54. The predicted octanol–water partition coefficient (Wildman–Crippen LogP) is 4.21. The lowest BCUT2D eigenvalue weighted by Gasteiger charge is -2.16. The number of rotatable bonds is 8. The first-order chi connectivity index (χ1) is 13.1. The zero-order valence-electron chi connectivity index (χ0n) is 15.5. The molecule has 0 radical (unpaired) electrons. The molecule has 0 aliphatic heterocycles. The van der Waals surface area contributed by atoms with E-state index in [-0.39, 0.29) is 23.6 Å². The molecule has 0 atom stereocenters. The Labute approximate surface area is 164 Å². The summed E-state index contributed by atoms with van der Waals surface area (Å²) in [5.74, 6) is -0.134. The van der Waals surface area contributed by atoms with E-state index < -0.39 is 0 Å². The van der Waals surface area contributed by atoms with E-state index in [2.05, 4.69) is 10.6 Å². The molecular formula is C21H23N3O2S. The Hall–Kier alpha value is -2.78. The van der Waals surface area contributed by atoms with Gasteiger partial charge in [-0.15, -0.1) is 11.8 Å². The molecule has 2 aromatic rings. The molecule has 0 heterocycles. The van der Waals surface area contributed by atoms with Crippen LogP contribution in [0.2, 0.25) is 0 Å². The number of hydrogen-bond donors (Lipinski definition) is 2. The summed E-state index contributed by atoms with van der Waals surface area (Å²) < 4.78 is 0. The molecule has 27 heavy (non-hydrogen) atoms. The van der Waals surface area contributed by atoms with Crippen LogP contribution < -0.4 is 10.6 Å². The number of benzene rings is 2. The van der Waals surface area contributed by atoms with Crippen LogP contribution in [0.1, 0.15) is 42.6 Å². The number of nitrogens with one attached hydrogen (secondary N) is 2. The molecule has 0 unspecified atom stereocenters. The summed E-state index contributed by atoms with van der Waals surface area (Å²) >= 11 is 1.32. The average molecular weight is 382 g/mol. The summed E-state index contributed by atoms with van der Waals surface area (Å²) in [6.07, 6.45) is 1.75. The third-order valence-electron chi connectivity index (χ3n) is 4.09. The third kappa shape index (κ3) is 6.15. The van der Waals surface area contributed by atoms with Gasteiger partial charge < -0.3 is 10.6 Å². The highest BCUT2D eigenvalue weighted by Crippen LogP contribution is 2.23. The minimum absolute atomic E-state index is 0.117. The van der Waals surface area contributed by atoms with Crippen molar-refractivity contribution in [2.75, 3.05) is 11.1 Å². The highest BCUT2D eigenvalue weighted by molar-refractivity contribution is 8.00. The fourth-order valence-corrected chi connectivity index (χ4v) is 3.39. The largest absolute Gasteiger partial charge is 0.349 e. The maximum absolute atomic E-state index is 12.5. The Morgan fingerprint density at radius 1 is 1.11 bits per heavy atom. The highest BCUT2D eigenvalue weighted by atomic mass is 32.2. The number of carbonyl (C=O) groups excluding carboxylic acids is 2. The van der Waals surface area contributed by atoms with Gasteiger partial charge in [-0.1, -0.05) is 32.0 Å². The van der Waals surface area contributed by atoms with Crippen LogP contribution in [-0.2, 0) is 4.79 Å². The molecule has 0 aliphatic carbocycles. The van der Waals surface area contributed by atoms with Gasteiger partial charge in [0.15, 0.2) is 0 Å². The molecule has 2 rings (SSSR count). The molecule has 2 amide bonds. The van der Waals surface area contributed by atoms with Crippen molar-refractivity contribution < 1.29 is 9.59 Å². The van der Waals surface area contributed by atoms with Crippen molar-refractivity contribution in [2.24, 2.45) is 0 Å². The first kappa shape index (κ1) is 20.5. The van der Waals surface area contributed by atoms with Gasteiger partial charge in [-0.05, 0) is 43.2 Å². The first-order valence-electron chi connectivity index (χ1n) is 8.90. The lowest BCUT2D eigenvalue weighted by molar-refractivity contribution is -0.113. The average Bonchev–Trinajstić information content (AvgIpc) is 2.70. The van der Waals surface area contributed by atoms with Crippen LogP contribution in [0.15, 0.2) is 53.4 Å². The molecule has 0 saturated heterocycles. The van der Waals surface area contributed by atoms with Crippen LogP contribution >= 0.6 is 11.8 Å². The molecule has 0 aliphatic rings. The zero-order valence-corrected chi connectivity index (χ0v) is 16.3. The Morgan fingerprint density at radius 3 is 2.56 bits per heavy atom. The maximum atomic E-state index is 12.5. The van der Waals surface area contributed by atoms with Crippen molar-refractivity contribution in [1.82, 2.24) is 5.32 Å². The molecule has 0 saturated carbocycles. The molecular weight excluding hydrogens is 358 g/mol. The normalized spacial score (nSPS) is 10.3. The number of hydrogen-bond acceptors (Lipinski definition) is 4. The fraction of sp³-hybridized carbons (Fsp3) is 0.286. The standard InChI is InChI=1S/C21H23N3O2S/c1-3-16(4-2)24-21(26)18-10-5-6-11-19(18)27-14-20(25)23-17-9-7-8-15(12-17)13-22/h5-12,16H,3-4,14H2,1-2H3,(H,23,25)(H,24,26). The lowest BCUT2D eigenvalue weighted by Crippen LogP contribution is -2.34. The second-order valence-corrected chi connectivity index (χ2v) is 7.03. The van der Waals surface area contributed by atoms with E-state index in [1.165, 1.54) is 11.8 Å². The number of anilines is 1. The van der Waals surface area contributed by atoms with Crippen LogP contribution in [0, 0.1) is 11.3 Å². The number of thioether (sulfide) groups is 1. The quantitative estimate of drug-likeness (QED) is 0.671. The third-order valence-corrected chi connectivity index (χ3v) is 5.16. The minimum atomic E-state index is -0.190. The Morgan fingerprint density at radius 2 is 1.85 bits per heavy atom.